The van der Waals surface area contributed by atoms with Crippen LogP contribution >= 0.6 is 0 Å². The third kappa shape index (κ3) is 55.2. The molecule has 0 radical (unpaired) electrons. The number of unbranched alkanes of at least 4 members (excludes halogenated alkanes) is 43. The van der Waals surface area contributed by atoms with Gasteiger partial charge in [-0.2, -0.15) is 0 Å². The molecule has 0 aliphatic carbocycles. The van der Waals surface area contributed by atoms with Crippen LogP contribution in [0.2, 0.25) is 0 Å². The van der Waals surface area contributed by atoms with Gasteiger partial charge in [-0.15, -0.1) is 0 Å². The molecule has 0 unspecified atom stereocenters. The quantitative estimate of drug-likeness (QED) is 0.0343. The maximum absolute atomic E-state index is 12.9. The van der Waals surface area contributed by atoms with Gasteiger partial charge in [0.1, 0.15) is 13.2 Å². The second-order valence-corrected chi connectivity index (χ2v) is 21.5. The van der Waals surface area contributed by atoms with E-state index in [2.05, 4.69) is 27.7 Å². The largest absolute Gasteiger partial charge is 0.462 e. The fraction of sp³-hybridized carbons (Fsp3) is 0.951. The van der Waals surface area contributed by atoms with Crippen molar-refractivity contribution in [3.8, 4) is 0 Å². The summed E-state index contributed by atoms with van der Waals surface area (Å²) in [5.74, 6) is 0.0207. The molecule has 0 heterocycles. The van der Waals surface area contributed by atoms with Crippen LogP contribution in [0.5, 0.6) is 0 Å². The summed E-state index contributed by atoms with van der Waals surface area (Å²) in [7, 11) is 0. The lowest BCUT2D eigenvalue weighted by Crippen LogP contribution is -2.30. The molecule has 0 aliphatic heterocycles. The van der Waals surface area contributed by atoms with Crippen molar-refractivity contribution in [2.45, 2.75) is 355 Å². The summed E-state index contributed by atoms with van der Waals surface area (Å²) in [5, 5.41) is 0. The monoisotopic (exact) mass is 947 g/mol. The number of ether oxygens (including phenoxy) is 3. The first-order valence-corrected chi connectivity index (χ1v) is 30.4. The molecule has 0 aromatic carbocycles. The summed E-state index contributed by atoms with van der Waals surface area (Å²) in [6, 6.07) is 0. The van der Waals surface area contributed by atoms with Gasteiger partial charge in [0.05, 0.1) is 0 Å². The molecule has 6 heteroatoms. The molecule has 0 amide bonds. The van der Waals surface area contributed by atoms with E-state index in [1.165, 1.54) is 244 Å². The van der Waals surface area contributed by atoms with Gasteiger partial charge < -0.3 is 14.2 Å². The van der Waals surface area contributed by atoms with Crippen molar-refractivity contribution < 1.29 is 28.6 Å². The molecular formula is C61H118O6. The summed E-state index contributed by atoms with van der Waals surface area (Å²) in [6.45, 7) is 9.08. The Bertz CT molecular complexity index is 1010. The van der Waals surface area contributed by atoms with E-state index in [1.54, 1.807) is 0 Å². The molecule has 0 spiro atoms. The highest BCUT2D eigenvalue weighted by atomic mass is 16.6. The molecule has 6 nitrogen and oxygen atoms in total. The number of hydrogen-bond donors (Lipinski definition) is 0. The maximum atomic E-state index is 12.9. The van der Waals surface area contributed by atoms with E-state index >= 15 is 0 Å². The molecular weight excluding hydrogens is 829 g/mol. The van der Waals surface area contributed by atoms with Gasteiger partial charge in [0.25, 0.3) is 0 Å². The third-order valence-electron chi connectivity index (χ3n) is 14.0. The van der Waals surface area contributed by atoms with Crippen LogP contribution in [0.15, 0.2) is 0 Å². The van der Waals surface area contributed by atoms with E-state index in [0.29, 0.717) is 19.3 Å². The zero-order chi connectivity index (χ0) is 48.8. The predicted octanol–water partition coefficient (Wildman–Crippen LogP) is 20.2. The maximum Gasteiger partial charge on any atom is 0.306 e. The van der Waals surface area contributed by atoms with E-state index in [1.807, 2.05) is 0 Å². The molecule has 0 bridgehead atoms. The Balaban J connectivity index is 4.27. The lowest BCUT2D eigenvalue weighted by molar-refractivity contribution is -0.167. The molecule has 0 aliphatic rings. The first kappa shape index (κ1) is 65.4. The highest BCUT2D eigenvalue weighted by Gasteiger charge is 2.19. The van der Waals surface area contributed by atoms with Gasteiger partial charge >= 0.3 is 17.9 Å². The fourth-order valence-corrected chi connectivity index (χ4v) is 9.46. The summed E-state index contributed by atoms with van der Waals surface area (Å²) < 4.78 is 16.9. The molecule has 67 heavy (non-hydrogen) atoms. The van der Waals surface area contributed by atoms with Gasteiger partial charge in [0.15, 0.2) is 6.10 Å². The number of carbonyl (C=O) groups is 3. The van der Waals surface area contributed by atoms with Crippen LogP contribution in [-0.4, -0.2) is 37.2 Å². The molecule has 0 N–H and O–H groups in total. The van der Waals surface area contributed by atoms with Gasteiger partial charge in [-0.05, 0) is 25.2 Å². The van der Waals surface area contributed by atoms with Crippen LogP contribution in [0, 0.1) is 5.92 Å². The molecule has 398 valence electrons. The van der Waals surface area contributed by atoms with Crippen molar-refractivity contribution >= 4 is 17.9 Å². The zero-order valence-corrected chi connectivity index (χ0v) is 45.9. The van der Waals surface area contributed by atoms with Crippen LogP contribution in [-0.2, 0) is 28.6 Å². The standard InChI is InChI=1S/C61H118O6/c1-5-7-9-11-13-15-17-19-20-21-25-29-33-37-41-45-49-53-60(63)66-56-58(55-65-59(62)52-48-44-40-36-32-27-18-16-14-12-10-8-6-2)67-61(64)54-50-46-42-38-34-30-26-23-22-24-28-31-35-39-43-47-51-57(3)4/h57-58H,5-56H2,1-4H3/t58-/m1/s1. The highest BCUT2D eigenvalue weighted by molar-refractivity contribution is 5.71. The summed E-state index contributed by atoms with van der Waals surface area (Å²) in [4.78, 5) is 38.2. The topological polar surface area (TPSA) is 78.9 Å². The Hall–Kier alpha value is -1.59. The van der Waals surface area contributed by atoms with Gasteiger partial charge in [0, 0.05) is 19.3 Å². The fourth-order valence-electron chi connectivity index (χ4n) is 9.46. The minimum Gasteiger partial charge on any atom is -0.462 e. The van der Waals surface area contributed by atoms with E-state index in [-0.39, 0.29) is 31.1 Å². The third-order valence-corrected chi connectivity index (χ3v) is 14.0. The van der Waals surface area contributed by atoms with Gasteiger partial charge in [0.2, 0.25) is 0 Å². The van der Waals surface area contributed by atoms with Crippen LogP contribution in [0.25, 0.3) is 0 Å². The van der Waals surface area contributed by atoms with Crippen molar-refractivity contribution in [1.82, 2.24) is 0 Å². The highest BCUT2D eigenvalue weighted by Crippen LogP contribution is 2.18. The van der Waals surface area contributed by atoms with Crippen LogP contribution in [0.4, 0.5) is 0 Å². The Morgan fingerprint density at radius 3 is 0.731 bits per heavy atom. The van der Waals surface area contributed by atoms with Gasteiger partial charge in [-0.3, -0.25) is 14.4 Å². The number of carbonyl (C=O) groups excluding carboxylic acids is 3. The number of hydrogen-bond acceptors (Lipinski definition) is 6. The second-order valence-electron chi connectivity index (χ2n) is 21.5. The summed E-state index contributed by atoms with van der Waals surface area (Å²) in [5.41, 5.74) is 0. The molecule has 0 rings (SSSR count). The molecule has 0 aromatic rings. The van der Waals surface area contributed by atoms with Crippen molar-refractivity contribution in [3.63, 3.8) is 0 Å². The zero-order valence-electron chi connectivity index (χ0n) is 45.9. The smallest absolute Gasteiger partial charge is 0.306 e. The van der Waals surface area contributed by atoms with Crippen molar-refractivity contribution in [3.05, 3.63) is 0 Å². The Morgan fingerprint density at radius 1 is 0.284 bits per heavy atom. The average Bonchev–Trinajstić information content (AvgIpc) is 3.31. The first-order valence-electron chi connectivity index (χ1n) is 30.4. The minimum atomic E-state index is -0.762. The summed E-state index contributed by atoms with van der Waals surface area (Å²) in [6.07, 6.45) is 60.9. The van der Waals surface area contributed by atoms with Crippen LogP contribution in [0.3, 0.4) is 0 Å². The normalized spacial score (nSPS) is 12.0. The SMILES string of the molecule is CCCCCCCCCCCCCCCCCCCC(=O)OC[C@@H](COC(=O)CCCCCCCCCCCCCCC)OC(=O)CCCCCCCCCCCCCCCCCCC(C)C. The second kappa shape index (κ2) is 55.3. The molecule has 0 aromatic heterocycles. The molecule has 0 saturated heterocycles. The lowest BCUT2D eigenvalue weighted by atomic mass is 10.0. The van der Waals surface area contributed by atoms with E-state index in [4.69, 9.17) is 14.2 Å². The van der Waals surface area contributed by atoms with Gasteiger partial charge in [-0.25, -0.2) is 0 Å². The molecule has 1 atom stereocenters. The molecule has 0 fully saturated rings. The van der Waals surface area contributed by atoms with Crippen molar-refractivity contribution in [2.24, 2.45) is 5.92 Å². The Morgan fingerprint density at radius 2 is 0.493 bits per heavy atom. The lowest BCUT2D eigenvalue weighted by Gasteiger charge is -2.18. The predicted molar refractivity (Wildman–Crippen MR) is 289 cm³/mol. The summed E-state index contributed by atoms with van der Waals surface area (Å²) >= 11 is 0. The van der Waals surface area contributed by atoms with E-state index in [0.717, 1.165) is 63.7 Å². The number of rotatable bonds is 56. The molecule has 0 saturated carbocycles. The average molecular weight is 948 g/mol. The number of esters is 3. The first-order chi connectivity index (χ1) is 32.9. The van der Waals surface area contributed by atoms with Crippen LogP contribution in [0.1, 0.15) is 349 Å². The van der Waals surface area contributed by atoms with Gasteiger partial charge in [-0.1, -0.05) is 310 Å². The Labute approximate surface area is 418 Å². The van der Waals surface area contributed by atoms with Crippen LogP contribution < -0.4 is 0 Å². The minimum absolute atomic E-state index is 0.0614. The van der Waals surface area contributed by atoms with E-state index in [9.17, 15) is 14.4 Å². The van der Waals surface area contributed by atoms with Crippen molar-refractivity contribution in [1.29, 1.82) is 0 Å². The Kier molecular flexibility index (Phi) is 54.0. The van der Waals surface area contributed by atoms with E-state index < -0.39 is 6.10 Å². The van der Waals surface area contributed by atoms with Crippen molar-refractivity contribution in [2.75, 3.05) is 13.2 Å².